The molecule has 0 saturated heterocycles. The average Bonchev–Trinajstić information content (AvgIpc) is 2.75. The third-order valence-corrected chi connectivity index (χ3v) is 6.42. The highest BCUT2D eigenvalue weighted by Crippen LogP contribution is 2.32. The van der Waals surface area contributed by atoms with Gasteiger partial charge >= 0.3 is 0 Å². The van der Waals surface area contributed by atoms with Crippen molar-refractivity contribution in [3.8, 4) is 0 Å². The predicted molar refractivity (Wildman–Crippen MR) is 115 cm³/mol. The maximum atomic E-state index is 13.4. The molecule has 0 bridgehead atoms. The van der Waals surface area contributed by atoms with Gasteiger partial charge in [0.2, 0.25) is 0 Å². The lowest BCUT2D eigenvalue weighted by Gasteiger charge is -2.32. The molecule has 4 rings (SSSR count). The fraction of sp³-hybridized carbons (Fsp3) is 0.0435. The zero-order valence-corrected chi connectivity index (χ0v) is 16.8. The lowest BCUT2D eigenvalue weighted by Crippen LogP contribution is -2.48. The van der Waals surface area contributed by atoms with Crippen LogP contribution in [0.3, 0.4) is 0 Å². The van der Waals surface area contributed by atoms with Crippen LogP contribution in [0.25, 0.3) is 5.70 Å². The molecule has 0 radical (unpaired) electrons. The van der Waals surface area contributed by atoms with Crippen LogP contribution in [0.1, 0.15) is 5.56 Å². The summed E-state index contributed by atoms with van der Waals surface area (Å²) in [6.07, 6.45) is 1.40. The molecule has 1 heterocycles. The number of allylic oxidation sites excluding steroid dienone is 1. The van der Waals surface area contributed by atoms with E-state index in [0.29, 0.717) is 21.3 Å². The van der Waals surface area contributed by atoms with Crippen molar-refractivity contribution in [1.82, 2.24) is 0 Å². The van der Waals surface area contributed by atoms with Crippen LogP contribution in [0.2, 0.25) is 5.02 Å². The average molecular weight is 422 g/mol. The number of carbonyl (C=O) groups excluding carboxylic acids is 2. The first-order valence-corrected chi connectivity index (χ1v) is 10.5. The number of hydrogen-bond acceptors (Lipinski definition) is 3. The quantitative estimate of drug-likeness (QED) is 0.584. The topological polar surface area (TPSA) is 54.5 Å². The van der Waals surface area contributed by atoms with Crippen LogP contribution < -0.4 is 4.90 Å². The van der Waals surface area contributed by atoms with Crippen LogP contribution >= 0.6 is 11.6 Å². The molecule has 3 aromatic rings. The molecular weight excluding hydrogens is 406 g/mol. The standard InChI is InChI=1S/C23H16ClNO3S/c24-17-11-13-19(14-12-17)29(28)22-21(26)15-20(16-7-3-1-4-8-16)25(23(22)27)18-9-5-2-6-10-18/h1-15,22H. The number of hydrogen-bond donors (Lipinski definition) is 0. The van der Waals surface area contributed by atoms with Crippen LogP contribution in [0.4, 0.5) is 5.69 Å². The second-order valence-corrected chi connectivity index (χ2v) is 8.41. The second-order valence-electron chi connectivity index (χ2n) is 6.44. The van der Waals surface area contributed by atoms with Gasteiger partial charge in [0.1, 0.15) is 0 Å². The Morgan fingerprint density at radius 2 is 1.38 bits per heavy atom. The Bertz CT molecular complexity index is 1110. The Morgan fingerprint density at radius 3 is 2.00 bits per heavy atom. The Morgan fingerprint density at radius 1 is 0.793 bits per heavy atom. The van der Waals surface area contributed by atoms with E-state index in [1.54, 1.807) is 36.4 Å². The second kappa shape index (κ2) is 8.15. The van der Waals surface area contributed by atoms with E-state index < -0.39 is 27.7 Å². The third kappa shape index (κ3) is 3.79. The summed E-state index contributed by atoms with van der Waals surface area (Å²) >= 11 is 5.90. The number of halogens is 1. The van der Waals surface area contributed by atoms with Crippen molar-refractivity contribution in [2.24, 2.45) is 0 Å². The first kappa shape index (κ1) is 19.3. The maximum Gasteiger partial charge on any atom is 0.255 e. The van der Waals surface area contributed by atoms with Gasteiger partial charge in [-0.25, -0.2) is 0 Å². The smallest absolute Gasteiger partial charge is 0.255 e. The zero-order chi connectivity index (χ0) is 20.4. The summed E-state index contributed by atoms with van der Waals surface area (Å²) in [5.41, 5.74) is 1.81. The minimum atomic E-state index is -1.85. The molecule has 1 aliphatic heterocycles. The zero-order valence-electron chi connectivity index (χ0n) is 15.2. The fourth-order valence-corrected chi connectivity index (χ4v) is 4.57. The summed E-state index contributed by atoms with van der Waals surface area (Å²) in [5.74, 6) is -0.995. The van der Waals surface area contributed by atoms with Crippen LogP contribution in [0.15, 0.2) is 95.9 Å². The van der Waals surface area contributed by atoms with Crippen molar-refractivity contribution in [2.75, 3.05) is 4.90 Å². The lowest BCUT2D eigenvalue weighted by atomic mass is 10.0. The monoisotopic (exact) mass is 421 g/mol. The van der Waals surface area contributed by atoms with Gasteiger partial charge in [0, 0.05) is 21.7 Å². The van der Waals surface area contributed by atoms with Gasteiger partial charge < -0.3 is 0 Å². The first-order valence-electron chi connectivity index (χ1n) is 8.92. The van der Waals surface area contributed by atoms with Crippen LogP contribution in [0, 0.1) is 0 Å². The van der Waals surface area contributed by atoms with Gasteiger partial charge in [0.15, 0.2) is 11.0 Å². The van der Waals surface area contributed by atoms with E-state index in [9.17, 15) is 13.8 Å². The first-order chi connectivity index (χ1) is 14.1. The molecule has 1 aliphatic rings. The molecule has 0 saturated carbocycles. The third-order valence-electron chi connectivity index (χ3n) is 4.57. The number of amides is 1. The summed E-state index contributed by atoms with van der Waals surface area (Å²) < 4.78 is 13.1. The van der Waals surface area contributed by atoms with E-state index >= 15 is 0 Å². The summed E-state index contributed by atoms with van der Waals surface area (Å²) in [4.78, 5) is 28.2. The van der Waals surface area contributed by atoms with E-state index in [-0.39, 0.29) is 0 Å². The van der Waals surface area contributed by atoms with E-state index in [1.165, 1.54) is 11.0 Å². The summed E-state index contributed by atoms with van der Waals surface area (Å²) in [7, 11) is -1.85. The Balaban J connectivity index is 1.82. The van der Waals surface area contributed by atoms with Gasteiger partial charge in [-0.3, -0.25) is 18.7 Å². The normalized spacial score (nSPS) is 17.8. The maximum absolute atomic E-state index is 13.4. The highest BCUT2D eigenvalue weighted by molar-refractivity contribution is 7.87. The largest absolute Gasteiger partial charge is 0.293 e. The molecular formula is C23H16ClNO3S. The van der Waals surface area contributed by atoms with Crippen molar-refractivity contribution in [3.63, 3.8) is 0 Å². The van der Waals surface area contributed by atoms with E-state index in [4.69, 9.17) is 11.6 Å². The number of nitrogens with zero attached hydrogens (tertiary/aromatic N) is 1. The van der Waals surface area contributed by atoms with Crippen molar-refractivity contribution < 1.29 is 13.8 Å². The van der Waals surface area contributed by atoms with E-state index in [0.717, 1.165) is 5.56 Å². The molecule has 2 atom stereocenters. The van der Waals surface area contributed by atoms with Gasteiger partial charge in [-0.15, -0.1) is 0 Å². The molecule has 29 heavy (non-hydrogen) atoms. The molecule has 1 amide bonds. The van der Waals surface area contributed by atoms with Crippen LogP contribution in [-0.4, -0.2) is 21.1 Å². The van der Waals surface area contributed by atoms with E-state index in [2.05, 4.69) is 0 Å². The molecule has 2 unspecified atom stereocenters. The van der Waals surface area contributed by atoms with Crippen LogP contribution in [-0.2, 0) is 20.4 Å². The summed E-state index contributed by atoms with van der Waals surface area (Å²) in [6, 6.07) is 24.6. The molecule has 4 nitrogen and oxygen atoms in total. The number of para-hydroxylation sites is 1. The fourth-order valence-electron chi connectivity index (χ4n) is 3.20. The molecule has 0 spiro atoms. The number of ketones is 1. The Labute approximate surface area is 175 Å². The minimum absolute atomic E-state index is 0.380. The van der Waals surface area contributed by atoms with Gasteiger partial charge in [-0.1, -0.05) is 60.1 Å². The van der Waals surface area contributed by atoms with Crippen molar-refractivity contribution in [2.45, 2.75) is 10.1 Å². The van der Waals surface area contributed by atoms with Gasteiger partial charge in [0.25, 0.3) is 5.91 Å². The molecule has 0 aliphatic carbocycles. The molecule has 0 N–H and O–H groups in total. The number of benzene rings is 3. The number of carbonyl (C=O) groups is 2. The van der Waals surface area contributed by atoms with Crippen molar-refractivity contribution in [3.05, 3.63) is 102 Å². The van der Waals surface area contributed by atoms with Gasteiger partial charge in [0.05, 0.1) is 16.5 Å². The van der Waals surface area contributed by atoms with Gasteiger partial charge in [-0.05, 0) is 42.0 Å². The molecule has 6 heteroatoms. The van der Waals surface area contributed by atoms with Crippen LogP contribution in [0.5, 0.6) is 0 Å². The molecule has 0 aromatic heterocycles. The molecule has 3 aromatic carbocycles. The predicted octanol–water partition coefficient (Wildman–Crippen LogP) is 4.47. The van der Waals surface area contributed by atoms with E-state index in [1.807, 2.05) is 48.5 Å². The lowest BCUT2D eigenvalue weighted by molar-refractivity contribution is -0.123. The van der Waals surface area contributed by atoms with Gasteiger partial charge in [-0.2, -0.15) is 0 Å². The summed E-state index contributed by atoms with van der Waals surface area (Å²) in [6.45, 7) is 0. The minimum Gasteiger partial charge on any atom is -0.293 e. The highest BCUT2D eigenvalue weighted by Gasteiger charge is 2.41. The Kier molecular flexibility index (Phi) is 5.43. The highest BCUT2D eigenvalue weighted by atomic mass is 35.5. The Hall–Kier alpha value is -3.02. The van der Waals surface area contributed by atoms with Crippen molar-refractivity contribution >= 4 is 45.5 Å². The van der Waals surface area contributed by atoms with Crippen molar-refractivity contribution in [1.29, 1.82) is 0 Å². The molecule has 144 valence electrons. The molecule has 0 fully saturated rings. The SMILES string of the molecule is O=C1C=C(c2ccccc2)N(c2ccccc2)C(=O)C1S(=O)c1ccc(Cl)cc1. The number of anilines is 1. The summed E-state index contributed by atoms with van der Waals surface area (Å²) in [5, 5.41) is -0.826. The number of rotatable bonds is 4.